The second kappa shape index (κ2) is 4.42. The number of para-hydroxylation sites is 1. The van der Waals surface area contributed by atoms with Gasteiger partial charge in [-0.05, 0) is 33.8 Å². The molecule has 1 aromatic rings. The number of carbonyl (C=O) groups is 1. The number of amides is 1. The molecule has 0 unspecified atom stereocenters. The molecule has 3 rings (SSSR count). The molecule has 0 atom stereocenters. The van der Waals surface area contributed by atoms with E-state index < -0.39 is 30.0 Å². The zero-order valence-electron chi connectivity index (χ0n) is 12.5. The topological polar surface area (TPSA) is 47.6 Å². The van der Waals surface area contributed by atoms with Gasteiger partial charge >= 0.3 is 7.12 Å². The van der Waals surface area contributed by atoms with E-state index >= 15 is 0 Å². The maximum absolute atomic E-state index is 14.8. The second-order valence-electron chi connectivity index (χ2n) is 6.31. The Hall–Kier alpha value is -1.66. The van der Waals surface area contributed by atoms with E-state index in [1.165, 1.54) is 0 Å². The minimum atomic E-state index is -1.16. The summed E-state index contributed by atoms with van der Waals surface area (Å²) in [6.07, 6.45) is 0. The molecule has 0 spiro atoms. The van der Waals surface area contributed by atoms with Crippen molar-refractivity contribution in [2.24, 2.45) is 0 Å². The molecule has 1 amide bonds. The fraction of sp³-hybridized carbons (Fsp3) is 0.400. The fourth-order valence-corrected chi connectivity index (χ4v) is 2.42. The van der Waals surface area contributed by atoms with Crippen molar-refractivity contribution in [3.8, 4) is 0 Å². The number of hydrogen-bond acceptors (Lipinski definition) is 3. The molecule has 1 N–H and O–H groups in total. The summed E-state index contributed by atoms with van der Waals surface area (Å²) in [5.74, 6) is -0.469. The first kappa shape index (κ1) is 14.3. The van der Waals surface area contributed by atoms with Gasteiger partial charge in [0.05, 0.1) is 16.8 Å². The molecule has 0 aliphatic carbocycles. The standard InChI is InChI=1S/C15H17BFNO3/c1-14(2)15(3,4)21-16(20-14)12(17)11-9-7-5-6-8-10(9)18-13(11)19/h5-8H,1-4H3,(H,18,19). The number of carbonyl (C=O) groups excluding carboxylic acids is 1. The van der Waals surface area contributed by atoms with Gasteiger partial charge in [0.2, 0.25) is 0 Å². The van der Waals surface area contributed by atoms with Crippen LogP contribution in [0.15, 0.2) is 30.0 Å². The summed E-state index contributed by atoms with van der Waals surface area (Å²) in [6.45, 7) is 7.36. The van der Waals surface area contributed by atoms with E-state index in [9.17, 15) is 9.18 Å². The quantitative estimate of drug-likeness (QED) is 0.638. The van der Waals surface area contributed by atoms with Crippen molar-refractivity contribution in [2.45, 2.75) is 38.9 Å². The summed E-state index contributed by atoms with van der Waals surface area (Å²) in [6, 6.07) is 6.98. The lowest BCUT2D eigenvalue weighted by atomic mass is 9.83. The average Bonchev–Trinajstić information content (AvgIpc) is 2.82. The van der Waals surface area contributed by atoms with Crippen molar-refractivity contribution < 1.29 is 18.5 Å². The van der Waals surface area contributed by atoms with Gasteiger partial charge in [-0.3, -0.25) is 4.79 Å². The molecular weight excluding hydrogens is 272 g/mol. The van der Waals surface area contributed by atoms with Crippen LogP contribution in [0.2, 0.25) is 0 Å². The molecule has 2 aliphatic rings. The number of benzene rings is 1. The molecule has 110 valence electrons. The van der Waals surface area contributed by atoms with Gasteiger partial charge < -0.3 is 14.6 Å². The van der Waals surface area contributed by atoms with E-state index in [2.05, 4.69) is 5.32 Å². The van der Waals surface area contributed by atoms with Crippen LogP contribution >= 0.6 is 0 Å². The molecule has 0 bridgehead atoms. The number of fused-ring (bicyclic) bond motifs is 1. The van der Waals surface area contributed by atoms with E-state index in [1.807, 2.05) is 27.7 Å². The molecule has 1 fully saturated rings. The minimum Gasteiger partial charge on any atom is -0.398 e. The lowest BCUT2D eigenvalue weighted by Gasteiger charge is -2.32. The largest absolute Gasteiger partial charge is 0.526 e. The van der Waals surface area contributed by atoms with Crippen molar-refractivity contribution in [1.82, 2.24) is 0 Å². The molecular formula is C15H17BFNO3. The van der Waals surface area contributed by atoms with Crippen molar-refractivity contribution in [2.75, 3.05) is 5.32 Å². The Kier molecular flexibility index (Phi) is 3.01. The second-order valence-corrected chi connectivity index (χ2v) is 6.31. The highest BCUT2D eigenvalue weighted by Gasteiger charge is 2.54. The molecule has 21 heavy (non-hydrogen) atoms. The van der Waals surface area contributed by atoms with Crippen LogP contribution in [-0.2, 0) is 14.1 Å². The first-order valence-corrected chi connectivity index (χ1v) is 6.89. The Balaban J connectivity index is 2.03. The number of nitrogens with one attached hydrogen (secondary N) is 1. The molecule has 1 saturated heterocycles. The molecule has 0 radical (unpaired) electrons. The Labute approximate surface area is 123 Å². The van der Waals surface area contributed by atoms with E-state index in [0.717, 1.165) is 0 Å². The van der Waals surface area contributed by atoms with Gasteiger partial charge in [-0.25, -0.2) is 4.39 Å². The monoisotopic (exact) mass is 289 g/mol. The van der Waals surface area contributed by atoms with Crippen LogP contribution in [0.5, 0.6) is 0 Å². The Morgan fingerprint density at radius 3 is 2.33 bits per heavy atom. The molecule has 4 nitrogen and oxygen atoms in total. The number of hydrogen-bond donors (Lipinski definition) is 1. The number of anilines is 1. The van der Waals surface area contributed by atoms with E-state index in [1.54, 1.807) is 24.3 Å². The maximum Gasteiger partial charge on any atom is 0.526 e. The van der Waals surface area contributed by atoms with E-state index in [-0.39, 0.29) is 5.57 Å². The number of halogens is 1. The summed E-state index contributed by atoms with van der Waals surface area (Å²) in [5, 5.41) is 2.65. The lowest BCUT2D eigenvalue weighted by molar-refractivity contribution is -0.110. The summed E-state index contributed by atoms with van der Waals surface area (Å²) < 4.78 is 26.1. The lowest BCUT2D eigenvalue weighted by Crippen LogP contribution is -2.41. The van der Waals surface area contributed by atoms with Crippen molar-refractivity contribution in [3.05, 3.63) is 35.6 Å². The SMILES string of the molecule is CC1(C)OB(C(F)=C2C(=O)Nc3ccccc32)OC1(C)C. The summed E-state index contributed by atoms with van der Waals surface area (Å²) in [4.78, 5) is 12.0. The van der Waals surface area contributed by atoms with Gasteiger partial charge in [-0.1, -0.05) is 18.2 Å². The smallest absolute Gasteiger partial charge is 0.398 e. The first-order chi connectivity index (χ1) is 9.73. The van der Waals surface area contributed by atoms with E-state index in [0.29, 0.717) is 11.3 Å². The maximum atomic E-state index is 14.8. The van der Waals surface area contributed by atoms with Crippen LogP contribution in [0.4, 0.5) is 10.1 Å². The van der Waals surface area contributed by atoms with Gasteiger partial charge in [-0.15, -0.1) is 0 Å². The molecule has 0 saturated carbocycles. The Morgan fingerprint density at radius 1 is 1.14 bits per heavy atom. The van der Waals surface area contributed by atoms with Crippen LogP contribution in [0.3, 0.4) is 0 Å². The predicted octanol–water partition coefficient (Wildman–Crippen LogP) is 2.95. The Bertz CT molecular complexity index is 638. The van der Waals surface area contributed by atoms with Crippen LogP contribution in [0.25, 0.3) is 5.57 Å². The summed E-state index contributed by atoms with van der Waals surface area (Å²) >= 11 is 0. The van der Waals surface area contributed by atoms with Gasteiger partial charge in [0.25, 0.3) is 5.91 Å². The van der Waals surface area contributed by atoms with Crippen LogP contribution < -0.4 is 5.32 Å². The summed E-state index contributed by atoms with van der Waals surface area (Å²) in [5.41, 5.74) is -0.854. The van der Waals surface area contributed by atoms with Gasteiger partial charge in [0.1, 0.15) is 5.73 Å². The van der Waals surface area contributed by atoms with Crippen molar-refractivity contribution >= 4 is 24.3 Å². The molecule has 2 heterocycles. The third kappa shape index (κ3) is 2.10. The minimum absolute atomic E-state index is 0.0101. The van der Waals surface area contributed by atoms with Gasteiger partial charge in [0, 0.05) is 11.3 Å². The van der Waals surface area contributed by atoms with Crippen LogP contribution in [0, 0.1) is 0 Å². The van der Waals surface area contributed by atoms with Crippen LogP contribution in [0.1, 0.15) is 33.3 Å². The number of rotatable bonds is 1. The van der Waals surface area contributed by atoms with E-state index in [4.69, 9.17) is 9.31 Å². The highest BCUT2D eigenvalue weighted by molar-refractivity contribution is 6.58. The molecule has 0 aromatic heterocycles. The van der Waals surface area contributed by atoms with Gasteiger partial charge in [-0.2, -0.15) is 0 Å². The highest BCUT2D eigenvalue weighted by Crippen LogP contribution is 2.42. The average molecular weight is 289 g/mol. The van der Waals surface area contributed by atoms with Crippen LogP contribution in [-0.4, -0.2) is 24.2 Å². The third-order valence-electron chi connectivity index (χ3n) is 4.37. The molecule has 1 aromatic carbocycles. The first-order valence-electron chi connectivity index (χ1n) is 6.89. The highest BCUT2D eigenvalue weighted by atomic mass is 19.1. The predicted molar refractivity (Wildman–Crippen MR) is 79.2 cm³/mol. The zero-order valence-corrected chi connectivity index (χ0v) is 12.5. The fourth-order valence-electron chi connectivity index (χ4n) is 2.42. The third-order valence-corrected chi connectivity index (χ3v) is 4.37. The Morgan fingerprint density at radius 2 is 1.71 bits per heavy atom. The zero-order chi connectivity index (χ0) is 15.4. The van der Waals surface area contributed by atoms with Gasteiger partial charge in [0.15, 0.2) is 0 Å². The normalized spacial score (nSPS) is 24.8. The van der Waals surface area contributed by atoms with Crippen molar-refractivity contribution in [3.63, 3.8) is 0 Å². The molecule has 2 aliphatic heterocycles. The van der Waals surface area contributed by atoms with Crippen molar-refractivity contribution in [1.29, 1.82) is 0 Å². The molecule has 6 heteroatoms. The summed E-state index contributed by atoms with van der Waals surface area (Å²) in [7, 11) is -1.16.